The first-order chi connectivity index (χ1) is 6.04. The molecule has 70 valence electrons. The molecule has 0 saturated heterocycles. The Labute approximate surface area is 83.1 Å². The molecule has 0 aromatic heterocycles. The monoisotopic (exact) mass is 246 g/mol. The number of aromatic hydroxyl groups is 1. The van der Waals surface area contributed by atoms with Gasteiger partial charge in [-0.3, -0.25) is 0 Å². The number of phenolic OH excluding ortho intramolecular Hbond substituents is 1. The Bertz CT molecular complexity index is 361. The largest absolute Gasteiger partial charge is 0.507 e. The predicted molar refractivity (Wildman–Crippen MR) is 48.9 cm³/mol. The molecule has 1 aromatic carbocycles. The van der Waals surface area contributed by atoms with Crippen LogP contribution in [0.2, 0.25) is 0 Å². The Morgan fingerprint density at radius 3 is 2.54 bits per heavy atom. The highest BCUT2D eigenvalue weighted by molar-refractivity contribution is 9.10. The van der Waals surface area contributed by atoms with Crippen LogP contribution in [0.5, 0.6) is 5.75 Å². The lowest BCUT2D eigenvalue weighted by Crippen LogP contribution is -2.07. The van der Waals surface area contributed by atoms with Gasteiger partial charge >= 0.3 is 0 Å². The molecule has 4 heteroatoms. The number of phenols is 1. The van der Waals surface area contributed by atoms with Crippen LogP contribution in [0.4, 0.5) is 4.39 Å². The number of aliphatic hydroxyl groups is 1. The summed E-state index contributed by atoms with van der Waals surface area (Å²) in [5.74, 6) is -0.717. The van der Waals surface area contributed by atoms with Crippen LogP contribution in [0, 0.1) is 5.82 Å². The highest BCUT2D eigenvalue weighted by Crippen LogP contribution is 2.48. The van der Waals surface area contributed by atoms with Gasteiger partial charge in [0.25, 0.3) is 0 Å². The van der Waals surface area contributed by atoms with Gasteiger partial charge in [0.15, 0.2) is 0 Å². The normalized spacial score (nSPS) is 18.7. The zero-order chi connectivity index (χ0) is 9.64. The van der Waals surface area contributed by atoms with E-state index in [1.807, 2.05) is 0 Å². The average molecular weight is 247 g/mol. The zero-order valence-electron chi connectivity index (χ0n) is 6.72. The summed E-state index contributed by atoms with van der Waals surface area (Å²) in [5.41, 5.74) is -0.738. The number of hydrogen-bond acceptors (Lipinski definition) is 2. The lowest BCUT2D eigenvalue weighted by Gasteiger charge is -2.10. The van der Waals surface area contributed by atoms with Crippen molar-refractivity contribution in [3.63, 3.8) is 0 Å². The highest BCUT2D eigenvalue weighted by atomic mass is 79.9. The van der Waals surface area contributed by atoms with Crippen molar-refractivity contribution in [3.8, 4) is 5.75 Å². The smallest absolute Gasteiger partial charge is 0.147 e. The van der Waals surface area contributed by atoms with Gasteiger partial charge in [0.2, 0.25) is 0 Å². The van der Waals surface area contributed by atoms with E-state index in [2.05, 4.69) is 15.9 Å². The Kier molecular flexibility index (Phi) is 1.85. The molecule has 1 saturated carbocycles. The molecule has 0 unspecified atom stereocenters. The SMILES string of the molecule is Oc1ccc(C2(O)CC2)c(F)c1Br. The van der Waals surface area contributed by atoms with E-state index in [1.165, 1.54) is 12.1 Å². The van der Waals surface area contributed by atoms with Gasteiger partial charge in [0.1, 0.15) is 11.6 Å². The van der Waals surface area contributed by atoms with Crippen LogP contribution in [0.3, 0.4) is 0 Å². The molecule has 0 heterocycles. The van der Waals surface area contributed by atoms with Gasteiger partial charge in [-0.1, -0.05) is 0 Å². The highest BCUT2D eigenvalue weighted by Gasteiger charge is 2.44. The van der Waals surface area contributed by atoms with Crippen LogP contribution >= 0.6 is 15.9 Å². The molecule has 0 spiro atoms. The second-order valence-corrected chi connectivity index (χ2v) is 4.08. The molecule has 0 amide bonds. The summed E-state index contributed by atoms with van der Waals surface area (Å²) in [6, 6.07) is 2.79. The van der Waals surface area contributed by atoms with Crippen molar-refractivity contribution in [1.29, 1.82) is 0 Å². The molecule has 1 fully saturated rings. The van der Waals surface area contributed by atoms with Crippen LogP contribution in [0.25, 0.3) is 0 Å². The average Bonchev–Trinajstić information content (AvgIpc) is 2.80. The van der Waals surface area contributed by atoms with Crippen molar-refractivity contribution >= 4 is 15.9 Å². The molecule has 0 bridgehead atoms. The Morgan fingerprint density at radius 1 is 1.38 bits per heavy atom. The van der Waals surface area contributed by atoms with Crippen LogP contribution in [-0.2, 0) is 5.60 Å². The summed E-state index contributed by atoms with van der Waals surface area (Å²) < 4.78 is 13.5. The molecule has 0 aliphatic heterocycles. The second-order valence-electron chi connectivity index (χ2n) is 3.29. The van der Waals surface area contributed by atoms with Crippen LogP contribution < -0.4 is 0 Å². The molecule has 1 aliphatic rings. The Hall–Kier alpha value is -0.610. The minimum Gasteiger partial charge on any atom is -0.507 e. The zero-order valence-corrected chi connectivity index (χ0v) is 8.31. The topological polar surface area (TPSA) is 40.5 Å². The fraction of sp³-hybridized carbons (Fsp3) is 0.333. The van der Waals surface area contributed by atoms with Gasteiger partial charge in [-0.05, 0) is 40.9 Å². The van der Waals surface area contributed by atoms with E-state index in [4.69, 9.17) is 5.11 Å². The maximum atomic E-state index is 13.4. The molecule has 0 radical (unpaired) electrons. The van der Waals surface area contributed by atoms with Crippen LogP contribution in [-0.4, -0.2) is 10.2 Å². The maximum Gasteiger partial charge on any atom is 0.147 e. The molecule has 13 heavy (non-hydrogen) atoms. The number of halogens is 2. The Morgan fingerprint density at radius 2 is 2.00 bits per heavy atom. The van der Waals surface area contributed by atoms with Crippen molar-refractivity contribution in [2.24, 2.45) is 0 Å². The number of rotatable bonds is 1. The standard InChI is InChI=1S/C9H8BrFO2/c10-7-6(12)2-1-5(8(7)11)9(13)3-4-9/h1-2,12-13H,3-4H2. The lowest BCUT2D eigenvalue weighted by molar-refractivity contribution is 0.146. The van der Waals surface area contributed by atoms with Crippen LogP contribution in [0.15, 0.2) is 16.6 Å². The minimum absolute atomic E-state index is 0.0188. The first-order valence-electron chi connectivity index (χ1n) is 3.94. The summed E-state index contributed by atoms with van der Waals surface area (Å²) in [6.07, 6.45) is 1.17. The number of benzene rings is 1. The molecular weight excluding hydrogens is 239 g/mol. The summed E-state index contributed by atoms with van der Waals surface area (Å²) >= 11 is 2.91. The molecule has 2 nitrogen and oxygen atoms in total. The molecular formula is C9H8BrFO2. The van der Waals surface area contributed by atoms with Gasteiger partial charge in [-0.2, -0.15) is 0 Å². The molecule has 1 aromatic rings. The summed E-state index contributed by atoms with van der Waals surface area (Å²) in [4.78, 5) is 0. The quantitative estimate of drug-likeness (QED) is 0.799. The van der Waals surface area contributed by atoms with Gasteiger partial charge in [0.05, 0.1) is 10.1 Å². The lowest BCUT2D eigenvalue weighted by atomic mass is 10.1. The van der Waals surface area contributed by atoms with Crippen molar-refractivity contribution < 1.29 is 14.6 Å². The van der Waals surface area contributed by atoms with Gasteiger partial charge in [-0.15, -0.1) is 0 Å². The van der Waals surface area contributed by atoms with E-state index in [0.717, 1.165) is 0 Å². The van der Waals surface area contributed by atoms with Crippen molar-refractivity contribution in [3.05, 3.63) is 28.0 Å². The molecule has 2 N–H and O–H groups in total. The summed E-state index contributed by atoms with van der Waals surface area (Å²) in [6.45, 7) is 0. The van der Waals surface area contributed by atoms with E-state index < -0.39 is 11.4 Å². The first kappa shape index (κ1) is 8.97. The van der Waals surface area contributed by atoms with Gasteiger partial charge < -0.3 is 10.2 Å². The first-order valence-corrected chi connectivity index (χ1v) is 4.74. The predicted octanol–water partition coefficient (Wildman–Crippen LogP) is 2.28. The van der Waals surface area contributed by atoms with E-state index in [0.29, 0.717) is 12.8 Å². The van der Waals surface area contributed by atoms with Gasteiger partial charge in [0, 0.05) is 5.56 Å². The van der Waals surface area contributed by atoms with Crippen molar-refractivity contribution in [2.75, 3.05) is 0 Å². The van der Waals surface area contributed by atoms with Crippen molar-refractivity contribution in [2.45, 2.75) is 18.4 Å². The fourth-order valence-corrected chi connectivity index (χ4v) is 1.63. The third-order valence-electron chi connectivity index (χ3n) is 2.29. The summed E-state index contributed by atoms with van der Waals surface area (Å²) in [7, 11) is 0. The van der Waals surface area contributed by atoms with E-state index >= 15 is 0 Å². The second kappa shape index (κ2) is 2.69. The van der Waals surface area contributed by atoms with E-state index in [-0.39, 0.29) is 15.8 Å². The molecule has 1 aliphatic carbocycles. The Balaban J connectivity index is 2.54. The fourth-order valence-electron chi connectivity index (χ4n) is 1.29. The minimum atomic E-state index is -1.000. The number of hydrogen-bond donors (Lipinski definition) is 2. The molecule has 0 atom stereocenters. The van der Waals surface area contributed by atoms with Gasteiger partial charge in [-0.25, -0.2) is 4.39 Å². The van der Waals surface area contributed by atoms with E-state index in [1.54, 1.807) is 0 Å². The maximum absolute atomic E-state index is 13.4. The summed E-state index contributed by atoms with van der Waals surface area (Å²) in [5, 5.41) is 18.8. The van der Waals surface area contributed by atoms with E-state index in [9.17, 15) is 9.50 Å². The van der Waals surface area contributed by atoms with Crippen LogP contribution in [0.1, 0.15) is 18.4 Å². The molecule has 2 rings (SSSR count). The third-order valence-corrected chi connectivity index (χ3v) is 3.04. The third kappa shape index (κ3) is 1.34. The van der Waals surface area contributed by atoms with Crippen molar-refractivity contribution in [1.82, 2.24) is 0 Å².